The Balaban J connectivity index is 1.31. The molecule has 0 bridgehead atoms. The van der Waals surface area contributed by atoms with Crippen LogP contribution in [-0.4, -0.2) is 34.5 Å². The van der Waals surface area contributed by atoms with Crippen LogP contribution in [0.25, 0.3) is 0 Å². The molecular weight excluding hydrogens is 363 g/mol. The van der Waals surface area contributed by atoms with E-state index in [1.54, 1.807) is 12.1 Å². The lowest BCUT2D eigenvalue weighted by Gasteiger charge is -2.16. The van der Waals surface area contributed by atoms with Crippen LogP contribution in [0.5, 0.6) is 0 Å². The van der Waals surface area contributed by atoms with Gasteiger partial charge < -0.3 is 10.2 Å². The van der Waals surface area contributed by atoms with Gasteiger partial charge in [-0.05, 0) is 31.0 Å². The summed E-state index contributed by atoms with van der Waals surface area (Å²) >= 11 is 0. The zero-order valence-electron chi connectivity index (χ0n) is 15.3. The van der Waals surface area contributed by atoms with Gasteiger partial charge in [0.1, 0.15) is 5.82 Å². The van der Waals surface area contributed by atoms with Gasteiger partial charge in [0, 0.05) is 43.7 Å². The predicted molar refractivity (Wildman–Crippen MR) is 100 cm³/mol. The Morgan fingerprint density at radius 3 is 2.79 bits per heavy atom. The number of aromatic nitrogens is 2. The van der Waals surface area contributed by atoms with E-state index in [-0.39, 0.29) is 36.9 Å². The Bertz CT molecular complexity index is 970. The molecule has 2 heterocycles. The molecule has 4 rings (SSSR count). The Kier molecular flexibility index (Phi) is 4.93. The molecule has 1 saturated heterocycles. The van der Waals surface area contributed by atoms with E-state index in [1.807, 2.05) is 0 Å². The summed E-state index contributed by atoms with van der Waals surface area (Å²) in [5, 5.41) is 2.77. The van der Waals surface area contributed by atoms with E-state index < -0.39 is 11.7 Å². The van der Waals surface area contributed by atoms with Crippen molar-refractivity contribution in [3.8, 4) is 0 Å². The summed E-state index contributed by atoms with van der Waals surface area (Å²) in [6, 6.07) is 7.33. The Morgan fingerprint density at radius 1 is 1.25 bits per heavy atom. The van der Waals surface area contributed by atoms with Gasteiger partial charge >= 0.3 is 0 Å². The van der Waals surface area contributed by atoms with Crippen molar-refractivity contribution in [3.05, 3.63) is 58.5 Å². The maximum Gasteiger partial charge on any atom is 0.253 e. The molecule has 2 fully saturated rings. The summed E-state index contributed by atoms with van der Waals surface area (Å²) in [6.07, 6.45) is 3.77. The monoisotopic (exact) mass is 384 g/mol. The van der Waals surface area contributed by atoms with Crippen LogP contribution in [0.3, 0.4) is 0 Å². The van der Waals surface area contributed by atoms with E-state index in [4.69, 9.17) is 0 Å². The first-order valence-electron chi connectivity index (χ1n) is 9.41. The molecule has 1 aliphatic carbocycles. The number of rotatable bonds is 6. The molecule has 2 aliphatic rings. The quantitative estimate of drug-likeness (QED) is 0.817. The van der Waals surface area contributed by atoms with Gasteiger partial charge in [-0.15, -0.1) is 0 Å². The van der Waals surface area contributed by atoms with Crippen molar-refractivity contribution in [1.29, 1.82) is 0 Å². The van der Waals surface area contributed by atoms with Crippen LogP contribution in [0.4, 0.5) is 10.1 Å². The number of nitrogens with one attached hydrogen (secondary N) is 1. The number of amides is 2. The topological polar surface area (TPSA) is 84.3 Å². The van der Waals surface area contributed by atoms with E-state index in [9.17, 15) is 18.8 Å². The highest BCUT2D eigenvalue weighted by Gasteiger charge is 2.35. The number of halogens is 1. The summed E-state index contributed by atoms with van der Waals surface area (Å²) in [6.45, 7) is 0.802. The average molecular weight is 384 g/mol. The van der Waals surface area contributed by atoms with Crippen LogP contribution in [-0.2, 0) is 16.1 Å². The number of benzene rings is 1. The van der Waals surface area contributed by atoms with Gasteiger partial charge in [-0.25, -0.2) is 9.37 Å². The first kappa shape index (κ1) is 18.3. The van der Waals surface area contributed by atoms with Gasteiger partial charge in [0.25, 0.3) is 5.56 Å². The lowest BCUT2D eigenvalue weighted by molar-refractivity contribution is -0.126. The first-order chi connectivity index (χ1) is 13.5. The second kappa shape index (κ2) is 7.53. The number of carbonyl (C=O) groups is 2. The highest BCUT2D eigenvalue weighted by Crippen LogP contribution is 2.38. The molecule has 7 nitrogen and oxygen atoms in total. The third kappa shape index (κ3) is 3.95. The van der Waals surface area contributed by atoms with Gasteiger partial charge in [0.15, 0.2) is 0 Å². The molecule has 1 aliphatic heterocycles. The van der Waals surface area contributed by atoms with Crippen molar-refractivity contribution in [1.82, 2.24) is 14.9 Å². The number of carbonyl (C=O) groups excluding carboxylic acids is 2. The minimum atomic E-state index is -0.497. The fourth-order valence-electron chi connectivity index (χ4n) is 3.43. The normalized spacial score (nSPS) is 19.1. The number of anilines is 1. The van der Waals surface area contributed by atoms with Crippen LogP contribution in [0, 0.1) is 11.7 Å². The third-order valence-electron chi connectivity index (χ3n) is 5.16. The van der Waals surface area contributed by atoms with Gasteiger partial charge in [-0.2, -0.15) is 0 Å². The molecule has 28 heavy (non-hydrogen) atoms. The molecule has 0 spiro atoms. The molecule has 1 unspecified atom stereocenters. The summed E-state index contributed by atoms with van der Waals surface area (Å²) in [5.41, 5.74) is 1.17. The van der Waals surface area contributed by atoms with Crippen molar-refractivity contribution in [3.63, 3.8) is 0 Å². The van der Waals surface area contributed by atoms with Crippen LogP contribution in [0.15, 0.2) is 41.5 Å². The predicted octanol–water partition coefficient (Wildman–Crippen LogP) is 1.43. The fraction of sp³-hybridized carbons (Fsp3) is 0.400. The minimum Gasteiger partial charge on any atom is -0.354 e. The molecule has 2 amide bonds. The summed E-state index contributed by atoms with van der Waals surface area (Å²) in [7, 11) is 0. The smallest absolute Gasteiger partial charge is 0.253 e. The molecule has 1 aromatic carbocycles. The zero-order valence-corrected chi connectivity index (χ0v) is 15.3. The summed E-state index contributed by atoms with van der Waals surface area (Å²) in [5.74, 6) is -0.958. The van der Waals surface area contributed by atoms with Gasteiger partial charge in [0.05, 0.1) is 17.9 Å². The number of hydrogen-bond donors (Lipinski definition) is 1. The van der Waals surface area contributed by atoms with Crippen LogP contribution < -0.4 is 15.8 Å². The van der Waals surface area contributed by atoms with E-state index in [0.29, 0.717) is 18.2 Å². The summed E-state index contributed by atoms with van der Waals surface area (Å²) in [4.78, 5) is 42.4. The fourth-order valence-corrected chi connectivity index (χ4v) is 3.43. The van der Waals surface area contributed by atoms with Gasteiger partial charge in [0.2, 0.25) is 11.8 Å². The molecule has 8 heteroatoms. The molecular formula is C20H21FN4O3. The molecule has 0 radical (unpaired) electrons. The van der Waals surface area contributed by atoms with E-state index in [2.05, 4.69) is 10.3 Å². The maximum absolute atomic E-state index is 13.4. The van der Waals surface area contributed by atoms with E-state index >= 15 is 0 Å². The second-order valence-electron chi connectivity index (χ2n) is 7.30. The van der Waals surface area contributed by atoms with Gasteiger partial charge in [-0.3, -0.25) is 19.0 Å². The molecule has 146 valence electrons. The van der Waals surface area contributed by atoms with Crippen molar-refractivity contribution < 1.29 is 14.0 Å². The average Bonchev–Trinajstić information content (AvgIpc) is 3.44. The Morgan fingerprint density at radius 2 is 2.07 bits per heavy atom. The van der Waals surface area contributed by atoms with Gasteiger partial charge in [-0.1, -0.05) is 6.07 Å². The van der Waals surface area contributed by atoms with Crippen molar-refractivity contribution >= 4 is 17.5 Å². The van der Waals surface area contributed by atoms with Crippen molar-refractivity contribution in [2.75, 3.05) is 18.0 Å². The number of nitrogens with zero attached hydrogens (tertiary/aromatic N) is 3. The second-order valence-corrected chi connectivity index (χ2v) is 7.30. The Labute approximate surface area is 161 Å². The molecule has 2 aromatic rings. The van der Waals surface area contributed by atoms with E-state index in [1.165, 1.54) is 34.0 Å². The highest BCUT2D eigenvalue weighted by atomic mass is 19.1. The molecule has 1 N–H and O–H groups in total. The number of hydrogen-bond acceptors (Lipinski definition) is 4. The third-order valence-corrected chi connectivity index (χ3v) is 5.16. The minimum absolute atomic E-state index is 0.0833. The highest BCUT2D eigenvalue weighted by molar-refractivity contribution is 6.00. The lowest BCUT2D eigenvalue weighted by Crippen LogP contribution is -2.36. The molecule has 1 atom stereocenters. The lowest BCUT2D eigenvalue weighted by atomic mass is 10.1. The largest absolute Gasteiger partial charge is 0.354 e. The van der Waals surface area contributed by atoms with Crippen molar-refractivity contribution in [2.24, 2.45) is 5.92 Å². The van der Waals surface area contributed by atoms with Crippen LogP contribution in [0.1, 0.15) is 30.9 Å². The molecule has 1 saturated carbocycles. The first-order valence-corrected chi connectivity index (χ1v) is 9.41. The van der Waals surface area contributed by atoms with Crippen LogP contribution in [0.2, 0.25) is 0 Å². The zero-order chi connectivity index (χ0) is 19.7. The Hall–Kier alpha value is -3.03. The van der Waals surface area contributed by atoms with Crippen molar-refractivity contribution in [2.45, 2.75) is 31.7 Å². The standard InChI is InChI=1S/C20H21FN4O3/c21-15-2-1-3-16(9-15)25-11-14(8-19(25)27)20(28)22-6-7-24-12-23-17(10-18(24)26)13-4-5-13/h1-3,9-10,12-14H,4-8,11H2,(H,22,28). The molecule has 1 aromatic heterocycles. The summed E-state index contributed by atoms with van der Waals surface area (Å²) < 4.78 is 14.8. The SMILES string of the molecule is O=C(NCCn1cnc(C2CC2)cc1=O)C1CC(=O)N(c2cccc(F)c2)C1. The van der Waals surface area contributed by atoms with E-state index in [0.717, 1.165) is 18.5 Å². The van der Waals surface area contributed by atoms with Crippen LogP contribution >= 0.6 is 0 Å². The maximum atomic E-state index is 13.4.